The summed E-state index contributed by atoms with van der Waals surface area (Å²) >= 11 is 17.2. The van der Waals surface area contributed by atoms with Crippen molar-refractivity contribution in [2.24, 2.45) is 0 Å². The maximum atomic E-state index is 12.0. The van der Waals surface area contributed by atoms with Crippen LogP contribution in [0.4, 0.5) is 0 Å². The van der Waals surface area contributed by atoms with Crippen LogP contribution in [0, 0.1) is 0 Å². The second-order valence-electron chi connectivity index (χ2n) is 3.46. The van der Waals surface area contributed by atoms with E-state index < -0.39 is 10.0 Å². The fourth-order valence-corrected chi connectivity index (χ4v) is 3.66. The van der Waals surface area contributed by atoms with Crippen LogP contribution in [0.25, 0.3) is 0 Å². The van der Waals surface area contributed by atoms with E-state index in [1.807, 2.05) is 6.92 Å². The van der Waals surface area contributed by atoms with E-state index in [1.165, 1.54) is 18.2 Å². The maximum absolute atomic E-state index is 12.0. The lowest BCUT2D eigenvalue weighted by Gasteiger charge is -2.15. The second kappa shape index (κ2) is 6.25. The molecule has 1 aromatic rings. The van der Waals surface area contributed by atoms with Gasteiger partial charge in [0.1, 0.15) is 4.90 Å². The standard InChI is InChI=1S/C10H12Cl3NO2S/c1-2-8(6-11)14-17(15,16)10-5-7(12)3-4-9(10)13/h3-5,8,14H,2,6H2,1H3. The van der Waals surface area contributed by atoms with Gasteiger partial charge in [-0.3, -0.25) is 0 Å². The fraction of sp³-hybridized carbons (Fsp3) is 0.400. The molecule has 1 aromatic carbocycles. The van der Waals surface area contributed by atoms with Crippen molar-refractivity contribution in [1.29, 1.82) is 0 Å². The number of rotatable bonds is 5. The van der Waals surface area contributed by atoms with E-state index in [9.17, 15) is 8.42 Å². The molecule has 1 atom stereocenters. The minimum absolute atomic E-state index is 0.0322. The van der Waals surface area contributed by atoms with E-state index in [0.717, 1.165) is 0 Å². The smallest absolute Gasteiger partial charge is 0.207 e. The van der Waals surface area contributed by atoms with Crippen molar-refractivity contribution in [2.45, 2.75) is 24.3 Å². The Morgan fingerprint density at radius 2 is 2.00 bits per heavy atom. The molecule has 0 aromatic heterocycles. The average Bonchev–Trinajstić information content (AvgIpc) is 2.29. The zero-order valence-corrected chi connectivity index (χ0v) is 12.2. The van der Waals surface area contributed by atoms with Gasteiger partial charge in [0.25, 0.3) is 0 Å². The van der Waals surface area contributed by atoms with Gasteiger partial charge in [-0.05, 0) is 24.6 Å². The highest BCUT2D eigenvalue weighted by Gasteiger charge is 2.21. The van der Waals surface area contributed by atoms with Crippen LogP contribution in [-0.2, 0) is 10.0 Å². The third kappa shape index (κ3) is 4.00. The lowest BCUT2D eigenvalue weighted by molar-refractivity contribution is 0.557. The van der Waals surface area contributed by atoms with Gasteiger partial charge in [-0.2, -0.15) is 0 Å². The Morgan fingerprint density at radius 1 is 1.35 bits per heavy atom. The molecule has 0 spiro atoms. The van der Waals surface area contributed by atoms with Crippen LogP contribution in [0.5, 0.6) is 0 Å². The van der Waals surface area contributed by atoms with Crippen LogP contribution in [-0.4, -0.2) is 20.3 Å². The number of sulfonamides is 1. The monoisotopic (exact) mass is 315 g/mol. The van der Waals surface area contributed by atoms with Crippen molar-refractivity contribution in [3.63, 3.8) is 0 Å². The number of hydrogen-bond acceptors (Lipinski definition) is 2. The quantitative estimate of drug-likeness (QED) is 0.847. The van der Waals surface area contributed by atoms with Gasteiger partial charge < -0.3 is 0 Å². The topological polar surface area (TPSA) is 46.2 Å². The molecule has 0 saturated heterocycles. The van der Waals surface area contributed by atoms with E-state index in [4.69, 9.17) is 34.8 Å². The summed E-state index contributed by atoms with van der Waals surface area (Å²) in [6, 6.07) is 3.96. The lowest BCUT2D eigenvalue weighted by Crippen LogP contribution is -2.35. The number of nitrogens with one attached hydrogen (secondary N) is 1. The van der Waals surface area contributed by atoms with Crippen LogP contribution >= 0.6 is 34.8 Å². The summed E-state index contributed by atoms with van der Waals surface area (Å²) in [5, 5.41) is 0.444. The van der Waals surface area contributed by atoms with Gasteiger partial charge in [0.15, 0.2) is 0 Å². The largest absolute Gasteiger partial charge is 0.242 e. The first-order valence-electron chi connectivity index (χ1n) is 4.94. The fourth-order valence-electron chi connectivity index (χ4n) is 1.19. The summed E-state index contributed by atoms with van der Waals surface area (Å²) < 4.78 is 26.5. The zero-order valence-electron chi connectivity index (χ0n) is 9.08. The second-order valence-corrected chi connectivity index (χ2v) is 6.29. The maximum Gasteiger partial charge on any atom is 0.242 e. The Bertz CT molecular complexity index is 486. The van der Waals surface area contributed by atoms with Gasteiger partial charge in [0.2, 0.25) is 10.0 Å². The molecule has 7 heteroatoms. The van der Waals surface area contributed by atoms with Crippen molar-refractivity contribution in [2.75, 3.05) is 5.88 Å². The molecule has 0 fully saturated rings. The normalized spacial score (nSPS) is 13.6. The predicted molar refractivity (Wildman–Crippen MR) is 71.6 cm³/mol. The summed E-state index contributed by atoms with van der Waals surface area (Å²) in [6.07, 6.45) is 0.598. The van der Waals surface area contributed by atoms with Gasteiger partial charge in [-0.15, -0.1) is 11.6 Å². The molecule has 0 radical (unpaired) electrons. The van der Waals surface area contributed by atoms with Crippen molar-refractivity contribution in [3.05, 3.63) is 28.2 Å². The van der Waals surface area contributed by atoms with Gasteiger partial charge in [0, 0.05) is 16.9 Å². The summed E-state index contributed by atoms with van der Waals surface area (Å²) in [5.74, 6) is 0.202. The molecular formula is C10H12Cl3NO2S. The van der Waals surface area contributed by atoms with E-state index in [1.54, 1.807) is 0 Å². The summed E-state index contributed by atoms with van der Waals surface area (Å²) in [6.45, 7) is 1.84. The van der Waals surface area contributed by atoms with Gasteiger partial charge >= 0.3 is 0 Å². The minimum atomic E-state index is -3.69. The minimum Gasteiger partial charge on any atom is -0.207 e. The Morgan fingerprint density at radius 3 is 2.53 bits per heavy atom. The molecule has 0 saturated carbocycles. The molecule has 1 unspecified atom stereocenters. The molecule has 96 valence electrons. The highest BCUT2D eigenvalue weighted by Crippen LogP contribution is 2.25. The molecule has 1 rings (SSSR count). The first-order valence-corrected chi connectivity index (χ1v) is 7.71. The molecule has 0 heterocycles. The van der Waals surface area contributed by atoms with Crippen LogP contribution in [0.1, 0.15) is 13.3 Å². The third-order valence-electron chi connectivity index (χ3n) is 2.18. The Balaban J connectivity index is 3.09. The summed E-state index contributed by atoms with van der Waals surface area (Å²) in [7, 11) is -3.69. The van der Waals surface area contributed by atoms with Gasteiger partial charge in [0.05, 0.1) is 5.02 Å². The lowest BCUT2D eigenvalue weighted by atomic mass is 10.3. The van der Waals surface area contributed by atoms with Crippen LogP contribution in [0.15, 0.2) is 23.1 Å². The predicted octanol–water partition coefficient (Wildman–Crippen LogP) is 3.29. The van der Waals surface area contributed by atoms with E-state index >= 15 is 0 Å². The Labute approximate surface area is 116 Å². The molecule has 0 bridgehead atoms. The number of benzene rings is 1. The molecule has 0 aliphatic heterocycles. The number of alkyl halides is 1. The highest BCUT2D eigenvalue weighted by molar-refractivity contribution is 7.89. The number of hydrogen-bond donors (Lipinski definition) is 1. The summed E-state index contributed by atoms with van der Waals surface area (Å²) in [4.78, 5) is -0.0322. The molecule has 3 nitrogen and oxygen atoms in total. The SMILES string of the molecule is CCC(CCl)NS(=O)(=O)c1cc(Cl)ccc1Cl. The van der Waals surface area contributed by atoms with E-state index in [2.05, 4.69) is 4.72 Å². The molecule has 17 heavy (non-hydrogen) atoms. The summed E-state index contributed by atoms with van der Waals surface area (Å²) in [5.41, 5.74) is 0. The number of halogens is 3. The van der Waals surface area contributed by atoms with E-state index in [-0.39, 0.29) is 21.8 Å². The van der Waals surface area contributed by atoms with Gasteiger partial charge in [-0.25, -0.2) is 13.1 Å². The van der Waals surface area contributed by atoms with Crippen LogP contribution in [0.2, 0.25) is 10.0 Å². The molecule has 0 aliphatic rings. The van der Waals surface area contributed by atoms with Crippen molar-refractivity contribution in [1.82, 2.24) is 4.72 Å². The van der Waals surface area contributed by atoms with E-state index in [0.29, 0.717) is 11.4 Å². The van der Waals surface area contributed by atoms with Crippen molar-refractivity contribution in [3.8, 4) is 0 Å². The van der Waals surface area contributed by atoms with Crippen molar-refractivity contribution < 1.29 is 8.42 Å². The first-order chi connectivity index (χ1) is 7.90. The van der Waals surface area contributed by atoms with Crippen LogP contribution < -0.4 is 4.72 Å². The van der Waals surface area contributed by atoms with Gasteiger partial charge in [-0.1, -0.05) is 30.1 Å². The molecular weight excluding hydrogens is 305 g/mol. The Kier molecular flexibility index (Phi) is 5.54. The van der Waals surface area contributed by atoms with Crippen LogP contribution in [0.3, 0.4) is 0 Å². The third-order valence-corrected chi connectivity index (χ3v) is 4.79. The highest BCUT2D eigenvalue weighted by atomic mass is 35.5. The molecule has 0 amide bonds. The average molecular weight is 317 g/mol. The van der Waals surface area contributed by atoms with Crippen molar-refractivity contribution >= 4 is 44.8 Å². The molecule has 1 N–H and O–H groups in total. The Hall–Kier alpha value is -0.000000000000000111. The zero-order chi connectivity index (χ0) is 13.1. The molecule has 0 aliphatic carbocycles. The first kappa shape index (κ1) is 15.1.